The number of aryl methyl sites for hydroxylation is 2. The van der Waals surface area contributed by atoms with Gasteiger partial charge in [0.25, 0.3) is 0 Å². The van der Waals surface area contributed by atoms with E-state index in [9.17, 15) is 4.79 Å². The number of benzene rings is 2. The zero-order valence-electron chi connectivity index (χ0n) is 16.4. The summed E-state index contributed by atoms with van der Waals surface area (Å²) >= 11 is 0. The monoisotopic (exact) mass is 371 g/mol. The van der Waals surface area contributed by atoms with Crippen molar-refractivity contribution in [3.8, 4) is 11.1 Å². The summed E-state index contributed by atoms with van der Waals surface area (Å²) in [4.78, 5) is 14.6. The molecule has 0 bridgehead atoms. The van der Waals surface area contributed by atoms with Gasteiger partial charge in [0.15, 0.2) is 0 Å². The molecule has 0 aliphatic carbocycles. The van der Waals surface area contributed by atoms with E-state index in [1.807, 2.05) is 30.9 Å². The number of nitrogens with zero attached hydrogens (tertiary/aromatic N) is 3. The molecule has 0 unspecified atom stereocenters. The zero-order chi connectivity index (χ0) is 19.5. The summed E-state index contributed by atoms with van der Waals surface area (Å²) < 4.78 is 1.79. The highest BCUT2D eigenvalue weighted by molar-refractivity contribution is 5.83. The summed E-state index contributed by atoms with van der Waals surface area (Å²) in [6.45, 7) is 5.64. The van der Waals surface area contributed by atoms with E-state index in [-0.39, 0.29) is 5.91 Å². The maximum atomic E-state index is 12.7. The highest BCUT2D eigenvalue weighted by Gasteiger charge is 2.20. The van der Waals surface area contributed by atoms with E-state index >= 15 is 0 Å². The second-order valence-corrected chi connectivity index (χ2v) is 7.32. The second-order valence-electron chi connectivity index (χ2n) is 7.32. The molecule has 4 heteroatoms. The van der Waals surface area contributed by atoms with E-state index in [0.29, 0.717) is 13.1 Å². The van der Waals surface area contributed by atoms with Crippen LogP contribution in [0.5, 0.6) is 0 Å². The van der Waals surface area contributed by atoms with Crippen LogP contribution in [-0.4, -0.2) is 33.7 Å². The molecule has 0 N–H and O–H groups in total. The Labute approximate surface area is 166 Å². The number of carbonyl (C=O) groups is 1. The van der Waals surface area contributed by atoms with Crippen molar-refractivity contribution in [2.24, 2.45) is 0 Å². The molecule has 4 nitrogen and oxygen atoms in total. The Kier molecular flexibility index (Phi) is 5.11. The standard InChI is InChI=1S/C24H25N3O/c1-18-16-19(2)27(25-18)17-24(28)26-14-12-21(13-15-26)23-11-7-6-10-22(23)20-8-4-3-5-9-20/h3-12,16H,13-15,17H2,1-2H3. The predicted octanol–water partition coefficient (Wildman–Crippen LogP) is 4.48. The minimum atomic E-state index is 0.123. The number of amides is 1. The third kappa shape index (κ3) is 3.77. The van der Waals surface area contributed by atoms with Crippen molar-refractivity contribution in [1.82, 2.24) is 14.7 Å². The molecule has 1 aliphatic heterocycles. The molecule has 1 aromatic heterocycles. The number of rotatable bonds is 4. The first-order chi connectivity index (χ1) is 13.6. The average molecular weight is 371 g/mol. The summed E-state index contributed by atoms with van der Waals surface area (Å²) in [5.74, 6) is 0.123. The normalized spacial score (nSPS) is 14.1. The summed E-state index contributed by atoms with van der Waals surface area (Å²) in [7, 11) is 0. The number of aromatic nitrogens is 2. The molecule has 0 radical (unpaired) electrons. The lowest BCUT2D eigenvalue weighted by atomic mass is 9.91. The average Bonchev–Trinajstić information content (AvgIpc) is 3.05. The molecule has 0 atom stereocenters. The van der Waals surface area contributed by atoms with Gasteiger partial charge in [-0.05, 0) is 48.6 Å². The Hall–Kier alpha value is -3.14. The Morgan fingerprint density at radius 1 is 1.00 bits per heavy atom. The van der Waals surface area contributed by atoms with E-state index in [1.165, 1.54) is 22.3 Å². The van der Waals surface area contributed by atoms with Crippen LogP contribution in [0.25, 0.3) is 16.7 Å². The summed E-state index contributed by atoms with van der Waals surface area (Å²) in [6.07, 6.45) is 3.07. The molecule has 0 fully saturated rings. The highest BCUT2D eigenvalue weighted by atomic mass is 16.2. The maximum absolute atomic E-state index is 12.7. The molecular formula is C24H25N3O. The SMILES string of the molecule is Cc1cc(C)n(CC(=O)N2CC=C(c3ccccc3-c3ccccc3)CC2)n1. The summed E-state index contributed by atoms with van der Waals surface area (Å²) in [5.41, 5.74) is 7.02. The minimum Gasteiger partial charge on any atom is -0.337 e. The first-order valence-electron chi connectivity index (χ1n) is 9.74. The maximum Gasteiger partial charge on any atom is 0.244 e. The van der Waals surface area contributed by atoms with Gasteiger partial charge < -0.3 is 4.90 Å². The number of hydrogen-bond donors (Lipinski definition) is 0. The topological polar surface area (TPSA) is 38.1 Å². The van der Waals surface area contributed by atoms with E-state index in [2.05, 4.69) is 59.7 Å². The van der Waals surface area contributed by atoms with Gasteiger partial charge >= 0.3 is 0 Å². The fraction of sp³-hybridized carbons (Fsp3) is 0.250. The van der Waals surface area contributed by atoms with Gasteiger partial charge in [-0.15, -0.1) is 0 Å². The van der Waals surface area contributed by atoms with E-state index in [4.69, 9.17) is 0 Å². The lowest BCUT2D eigenvalue weighted by molar-refractivity contribution is -0.131. The predicted molar refractivity (Wildman–Crippen MR) is 113 cm³/mol. The van der Waals surface area contributed by atoms with Crippen molar-refractivity contribution in [1.29, 1.82) is 0 Å². The largest absolute Gasteiger partial charge is 0.337 e. The molecular weight excluding hydrogens is 346 g/mol. The van der Waals surface area contributed by atoms with Gasteiger partial charge in [0.05, 0.1) is 5.69 Å². The molecule has 0 saturated carbocycles. The Balaban J connectivity index is 1.51. The Morgan fingerprint density at radius 3 is 2.36 bits per heavy atom. The van der Waals surface area contributed by atoms with Crippen LogP contribution in [-0.2, 0) is 11.3 Å². The van der Waals surface area contributed by atoms with Crippen molar-refractivity contribution < 1.29 is 4.79 Å². The molecule has 142 valence electrons. The van der Waals surface area contributed by atoms with Crippen LogP contribution in [0.4, 0.5) is 0 Å². The molecule has 0 saturated heterocycles. The molecule has 2 aromatic carbocycles. The van der Waals surface area contributed by atoms with Gasteiger partial charge in [0.1, 0.15) is 6.54 Å². The van der Waals surface area contributed by atoms with Crippen LogP contribution < -0.4 is 0 Å². The van der Waals surface area contributed by atoms with Crippen molar-refractivity contribution in [3.63, 3.8) is 0 Å². The van der Waals surface area contributed by atoms with Gasteiger partial charge in [-0.3, -0.25) is 9.48 Å². The van der Waals surface area contributed by atoms with Crippen LogP contribution in [0.2, 0.25) is 0 Å². The van der Waals surface area contributed by atoms with Gasteiger partial charge in [-0.2, -0.15) is 5.10 Å². The zero-order valence-corrected chi connectivity index (χ0v) is 16.4. The van der Waals surface area contributed by atoms with Gasteiger partial charge in [0.2, 0.25) is 5.91 Å². The number of carbonyl (C=O) groups excluding carboxylic acids is 1. The Morgan fingerprint density at radius 2 is 1.71 bits per heavy atom. The van der Waals surface area contributed by atoms with Gasteiger partial charge in [-0.1, -0.05) is 60.7 Å². The van der Waals surface area contributed by atoms with Gasteiger partial charge in [0, 0.05) is 18.8 Å². The van der Waals surface area contributed by atoms with Gasteiger partial charge in [-0.25, -0.2) is 0 Å². The summed E-state index contributed by atoms with van der Waals surface area (Å²) in [5, 5.41) is 4.41. The van der Waals surface area contributed by atoms with E-state index in [1.54, 1.807) is 4.68 Å². The molecule has 0 spiro atoms. The molecule has 1 aliphatic rings. The van der Waals surface area contributed by atoms with Crippen LogP contribution in [0, 0.1) is 13.8 Å². The quantitative estimate of drug-likeness (QED) is 0.678. The fourth-order valence-electron chi connectivity index (χ4n) is 3.84. The number of hydrogen-bond acceptors (Lipinski definition) is 2. The molecule has 4 rings (SSSR count). The molecule has 2 heterocycles. The van der Waals surface area contributed by atoms with Crippen LogP contribution >= 0.6 is 0 Å². The van der Waals surface area contributed by atoms with Crippen LogP contribution in [0.3, 0.4) is 0 Å². The lowest BCUT2D eigenvalue weighted by Gasteiger charge is -2.27. The lowest BCUT2D eigenvalue weighted by Crippen LogP contribution is -2.37. The first-order valence-corrected chi connectivity index (χ1v) is 9.74. The highest BCUT2D eigenvalue weighted by Crippen LogP contribution is 2.32. The van der Waals surface area contributed by atoms with Crippen molar-refractivity contribution in [2.75, 3.05) is 13.1 Å². The summed E-state index contributed by atoms with van der Waals surface area (Å²) in [6, 6.07) is 21.0. The third-order valence-corrected chi connectivity index (χ3v) is 5.31. The van der Waals surface area contributed by atoms with E-state index in [0.717, 1.165) is 24.4 Å². The smallest absolute Gasteiger partial charge is 0.244 e. The second kappa shape index (κ2) is 7.85. The molecule has 1 amide bonds. The Bertz CT molecular complexity index is 1020. The van der Waals surface area contributed by atoms with Crippen molar-refractivity contribution >= 4 is 11.5 Å². The third-order valence-electron chi connectivity index (χ3n) is 5.31. The first kappa shape index (κ1) is 18.2. The van der Waals surface area contributed by atoms with Crippen molar-refractivity contribution in [2.45, 2.75) is 26.8 Å². The molecule has 28 heavy (non-hydrogen) atoms. The fourth-order valence-corrected chi connectivity index (χ4v) is 3.84. The van der Waals surface area contributed by atoms with Crippen LogP contribution in [0.1, 0.15) is 23.4 Å². The molecule has 3 aromatic rings. The van der Waals surface area contributed by atoms with Crippen LogP contribution in [0.15, 0.2) is 66.7 Å². The van der Waals surface area contributed by atoms with Crippen molar-refractivity contribution in [3.05, 3.63) is 83.7 Å². The minimum absolute atomic E-state index is 0.123. The van der Waals surface area contributed by atoms with E-state index < -0.39 is 0 Å².